The van der Waals surface area contributed by atoms with E-state index in [4.69, 9.17) is 13.3 Å². The van der Waals surface area contributed by atoms with Crippen LogP contribution >= 0.6 is 0 Å². The zero-order valence-corrected chi connectivity index (χ0v) is 20.3. The van der Waals surface area contributed by atoms with Gasteiger partial charge in [0, 0.05) is 34.2 Å². The van der Waals surface area contributed by atoms with Gasteiger partial charge in [0.2, 0.25) is 0 Å². The highest BCUT2D eigenvalue weighted by Crippen LogP contribution is 2.17. The summed E-state index contributed by atoms with van der Waals surface area (Å²) in [5, 5.41) is 2.43. The Labute approximate surface area is 170 Å². The van der Waals surface area contributed by atoms with Crippen molar-refractivity contribution in [2.75, 3.05) is 21.3 Å². The van der Waals surface area contributed by atoms with Crippen LogP contribution in [0.4, 0.5) is 0 Å². The molecule has 2 N–H and O–H groups in total. The summed E-state index contributed by atoms with van der Waals surface area (Å²) in [6.07, 6.45) is 14.6. The summed E-state index contributed by atoms with van der Waals surface area (Å²) in [5.41, 5.74) is 0.441. The van der Waals surface area contributed by atoms with Crippen molar-refractivity contribution in [1.82, 2.24) is 0 Å². The molecule has 0 radical (unpaired) electrons. The summed E-state index contributed by atoms with van der Waals surface area (Å²) >= 11 is 0. The van der Waals surface area contributed by atoms with Gasteiger partial charge in [-0.25, -0.2) is 0 Å². The predicted octanol–water partition coefficient (Wildman–Crippen LogP) is 1.45. The fourth-order valence-corrected chi connectivity index (χ4v) is 6.26. The second-order valence-electron chi connectivity index (χ2n) is 7.96. The summed E-state index contributed by atoms with van der Waals surface area (Å²) in [6.45, 7) is 9.13. The number of hydrogen-bond donors (Lipinski definition) is 1. The Balaban J connectivity index is 0. The van der Waals surface area contributed by atoms with Crippen molar-refractivity contribution in [1.29, 1.82) is 0 Å². The lowest BCUT2D eigenvalue weighted by Gasteiger charge is -2.35. The molecule has 0 heterocycles. The van der Waals surface area contributed by atoms with E-state index in [0.717, 1.165) is 6.42 Å². The van der Waals surface area contributed by atoms with Crippen LogP contribution in [0.25, 0.3) is 0 Å². The molecular formula is C20H46ClNO3Si. The maximum atomic E-state index is 5.70. The van der Waals surface area contributed by atoms with E-state index in [1.807, 2.05) is 0 Å². The molecule has 0 fully saturated rings. The maximum Gasteiger partial charge on any atom is 0.561 e. The minimum atomic E-state index is -2.59. The molecule has 0 saturated carbocycles. The Morgan fingerprint density at radius 3 is 1.58 bits per heavy atom. The van der Waals surface area contributed by atoms with Crippen molar-refractivity contribution in [3.63, 3.8) is 0 Å². The molecule has 1 unspecified atom stereocenters. The van der Waals surface area contributed by atoms with E-state index in [2.05, 4.69) is 33.0 Å². The molecule has 4 nitrogen and oxygen atoms in total. The number of hydrogen-bond acceptors (Lipinski definition) is 3. The highest BCUT2D eigenvalue weighted by Gasteiger charge is 2.51. The summed E-state index contributed by atoms with van der Waals surface area (Å²) in [6, 6.07) is 0. The lowest BCUT2D eigenvalue weighted by Crippen LogP contribution is -3.04. The average molecular weight is 412 g/mol. The lowest BCUT2D eigenvalue weighted by atomic mass is 9.95. The zero-order chi connectivity index (χ0) is 19.2. The van der Waals surface area contributed by atoms with Crippen molar-refractivity contribution >= 4 is 8.80 Å². The first-order valence-electron chi connectivity index (χ1n) is 10.4. The molecular weight excluding hydrogens is 366 g/mol. The van der Waals surface area contributed by atoms with Gasteiger partial charge < -0.3 is 31.0 Å². The fraction of sp³-hybridized carbons (Fsp3) is 1.00. The van der Waals surface area contributed by atoms with Crippen LogP contribution in [0.2, 0.25) is 0 Å². The van der Waals surface area contributed by atoms with Gasteiger partial charge in [0.1, 0.15) is 0 Å². The van der Waals surface area contributed by atoms with Crippen LogP contribution in [0.1, 0.15) is 98.3 Å². The first-order chi connectivity index (χ1) is 11.9. The molecule has 0 aliphatic rings. The van der Waals surface area contributed by atoms with Crippen molar-refractivity contribution in [3.05, 3.63) is 0 Å². The number of nitrogens with two attached hydrogens (primary N) is 1. The highest BCUT2D eigenvalue weighted by atomic mass is 35.5. The first kappa shape index (κ1) is 28.6. The number of halogens is 1. The summed E-state index contributed by atoms with van der Waals surface area (Å²) in [5.74, 6) is 0. The van der Waals surface area contributed by atoms with Gasteiger partial charge in [-0.05, 0) is 20.3 Å². The van der Waals surface area contributed by atoms with Crippen molar-refractivity contribution in [3.8, 4) is 0 Å². The fourth-order valence-electron chi connectivity index (χ4n) is 3.69. The van der Waals surface area contributed by atoms with Gasteiger partial charge in [-0.2, -0.15) is 0 Å². The van der Waals surface area contributed by atoms with Gasteiger partial charge >= 0.3 is 8.80 Å². The molecule has 26 heavy (non-hydrogen) atoms. The molecule has 0 aromatic rings. The molecule has 0 aliphatic heterocycles. The minimum absolute atomic E-state index is 0. The van der Waals surface area contributed by atoms with Gasteiger partial charge in [-0.1, -0.05) is 65.2 Å². The number of rotatable bonds is 17. The Morgan fingerprint density at radius 2 is 1.19 bits per heavy atom. The molecule has 0 aliphatic carbocycles. The molecule has 6 heteroatoms. The third kappa shape index (κ3) is 11.2. The van der Waals surface area contributed by atoms with Crippen molar-refractivity contribution in [2.45, 2.75) is 110 Å². The van der Waals surface area contributed by atoms with Crippen LogP contribution in [0, 0.1) is 0 Å². The average Bonchev–Trinajstić information content (AvgIpc) is 2.61. The van der Waals surface area contributed by atoms with E-state index in [1.54, 1.807) is 21.3 Å². The van der Waals surface area contributed by atoms with Crippen LogP contribution in [0.3, 0.4) is 0 Å². The summed E-state index contributed by atoms with van der Waals surface area (Å²) < 4.78 is 17.1. The predicted molar refractivity (Wildman–Crippen MR) is 109 cm³/mol. The first-order valence-corrected chi connectivity index (χ1v) is 12.2. The molecule has 0 aromatic carbocycles. The Bertz CT molecular complexity index is 307. The van der Waals surface area contributed by atoms with Gasteiger partial charge in [0.05, 0.1) is 5.54 Å². The van der Waals surface area contributed by atoms with Crippen molar-refractivity contribution < 1.29 is 31.0 Å². The topological polar surface area (TPSA) is 44.3 Å². The highest BCUT2D eigenvalue weighted by molar-refractivity contribution is 6.61. The van der Waals surface area contributed by atoms with E-state index < -0.39 is 8.80 Å². The van der Waals surface area contributed by atoms with Crippen LogP contribution in [-0.4, -0.2) is 41.3 Å². The summed E-state index contributed by atoms with van der Waals surface area (Å²) in [4.78, 5) is 0. The second kappa shape index (κ2) is 16.3. The van der Waals surface area contributed by atoms with Crippen LogP contribution in [-0.2, 0) is 13.3 Å². The minimum Gasteiger partial charge on any atom is -1.00 e. The Kier molecular flexibility index (Phi) is 17.9. The van der Waals surface area contributed by atoms with Gasteiger partial charge in [0.15, 0.2) is 5.67 Å². The van der Waals surface area contributed by atoms with E-state index >= 15 is 0 Å². The smallest absolute Gasteiger partial charge is 0.561 e. The monoisotopic (exact) mass is 411 g/mol. The normalized spacial score (nSPS) is 13.5. The van der Waals surface area contributed by atoms with Gasteiger partial charge in [-0.15, -0.1) is 0 Å². The quantitative estimate of drug-likeness (QED) is 0.291. The van der Waals surface area contributed by atoms with E-state index in [-0.39, 0.29) is 23.6 Å². The van der Waals surface area contributed by atoms with Crippen LogP contribution in [0.15, 0.2) is 0 Å². The molecule has 0 bridgehead atoms. The molecule has 0 rings (SSSR count). The maximum absolute atomic E-state index is 5.70. The van der Waals surface area contributed by atoms with Gasteiger partial charge in [-0.3, -0.25) is 0 Å². The number of quaternary nitrogens is 1. The molecule has 0 amide bonds. The summed E-state index contributed by atoms with van der Waals surface area (Å²) in [7, 11) is 2.55. The Morgan fingerprint density at radius 1 is 0.769 bits per heavy atom. The Hall–Kier alpha value is 0.347. The lowest BCUT2D eigenvalue weighted by molar-refractivity contribution is -0.741. The van der Waals surface area contributed by atoms with Crippen molar-refractivity contribution in [2.24, 2.45) is 0 Å². The molecule has 0 spiro atoms. The standard InChI is InChI=1S/C20H45NO3Si.ClH/c1-8-10-11-12-13-14-15-16-17-18-20(3,4)21-19(9-2)25(22-5,23-6)24-7;/h19,21H,8-18H2,1-7H3;1H. The molecule has 160 valence electrons. The number of unbranched alkanes of at least 4 members (excludes halogenated alkanes) is 8. The SMILES string of the molecule is CCCCCCCCCCCC(C)(C)[NH2+]C(CC)[Si](OC)(OC)OC.[Cl-]. The largest absolute Gasteiger partial charge is 1.00 e. The second-order valence-corrected chi connectivity index (χ2v) is 11.1. The molecule has 0 saturated heterocycles. The van der Waals surface area contributed by atoms with Crippen LogP contribution in [0.5, 0.6) is 0 Å². The molecule has 0 aromatic heterocycles. The molecule has 1 atom stereocenters. The van der Waals surface area contributed by atoms with Gasteiger partial charge in [0.25, 0.3) is 0 Å². The third-order valence-corrected chi connectivity index (χ3v) is 8.51. The van der Waals surface area contributed by atoms with Crippen LogP contribution < -0.4 is 17.7 Å². The zero-order valence-electron chi connectivity index (χ0n) is 18.5. The third-order valence-electron chi connectivity index (χ3n) is 5.32. The van der Waals surface area contributed by atoms with E-state index in [9.17, 15) is 0 Å². The van der Waals surface area contributed by atoms with E-state index in [0.29, 0.717) is 0 Å². The van der Waals surface area contributed by atoms with E-state index in [1.165, 1.54) is 64.2 Å².